The Bertz CT molecular complexity index is 875. The number of guanidine groups is 1. The molecule has 7 heteroatoms. The minimum absolute atomic E-state index is 0.562. The first-order valence-electron chi connectivity index (χ1n) is 8.70. The van der Waals surface area contributed by atoms with Crippen LogP contribution in [0.25, 0.3) is 11.4 Å². The summed E-state index contributed by atoms with van der Waals surface area (Å²) in [6, 6.07) is 17.5. The van der Waals surface area contributed by atoms with E-state index in [2.05, 4.69) is 32.6 Å². The lowest BCUT2D eigenvalue weighted by Gasteiger charge is -2.17. The third-order valence-electron chi connectivity index (χ3n) is 3.87. The number of hydrogen-bond donors (Lipinski definition) is 1. The number of benzene rings is 2. The molecule has 0 spiro atoms. The summed E-state index contributed by atoms with van der Waals surface area (Å²) in [4.78, 5) is 11.0. The van der Waals surface area contributed by atoms with Gasteiger partial charge in [0.05, 0.1) is 6.54 Å². The maximum Gasteiger partial charge on any atom is 0.228 e. The second-order valence-electron chi connectivity index (χ2n) is 6.22. The van der Waals surface area contributed by atoms with Gasteiger partial charge in [-0.3, -0.25) is 0 Å². The highest BCUT2D eigenvalue weighted by molar-refractivity contribution is 6.30. The molecule has 0 aliphatic heterocycles. The summed E-state index contributed by atoms with van der Waals surface area (Å²) in [6.45, 7) is 1.27. The fourth-order valence-electron chi connectivity index (χ4n) is 2.46. The largest absolute Gasteiger partial charge is 0.356 e. The van der Waals surface area contributed by atoms with Crippen molar-refractivity contribution in [3.63, 3.8) is 0 Å². The van der Waals surface area contributed by atoms with Crippen LogP contribution < -0.4 is 5.32 Å². The highest BCUT2D eigenvalue weighted by Gasteiger charge is 2.09. The van der Waals surface area contributed by atoms with Crippen LogP contribution in [0.1, 0.15) is 11.5 Å². The van der Waals surface area contributed by atoms with E-state index in [0.29, 0.717) is 36.2 Å². The number of aliphatic imine (C=N–C) groups is 1. The van der Waals surface area contributed by atoms with Crippen molar-refractivity contribution in [1.82, 2.24) is 20.4 Å². The Kier molecular flexibility index (Phi) is 6.44. The normalized spacial score (nSPS) is 11.4. The number of nitrogens with one attached hydrogen (secondary N) is 1. The zero-order chi connectivity index (χ0) is 19.1. The van der Waals surface area contributed by atoms with E-state index in [1.54, 1.807) is 12.1 Å². The topological polar surface area (TPSA) is 66.5 Å². The Balaban J connectivity index is 1.55. The molecule has 0 atom stereocenters. The van der Waals surface area contributed by atoms with Crippen molar-refractivity contribution in [3.05, 3.63) is 71.1 Å². The van der Waals surface area contributed by atoms with Crippen LogP contribution in [0.2, 0.25) is 5.02 Å². The zero-order valence-electron chi connectivity index (χ0n) is 15.4. The highest BCUT2D eigenvalue weighted by atomic mass is 35.5. The van der Waals surface area contributed by atoms with Gasteiger partial charge in [-0.25, -0.2) is 4.99 Å². The Morgan fingerprint density at radius 1 is 1.11 bits per heavy atom. The molecule has 0 aliphatic carbocycles. The van der Waals surface area contributed by atoms with E-state index in [-0.39, 0.29) is 0 Å². The molecular weight excluding hydrogens is 362 g/mol. The summed E-state index contributed by atoms with van der Waals surface area (Å²) in [7, 11) is 3.92. The first-order chi connectivity index (χ1) is 13.1. The lowest BCUT2D eigenvalue weighted by Crippen LogP contribution is -2.37. The molecule has 140 valence electrons. The quantitative estimate of drug-likeness (QED) is 0.520. The lowest BCUT2D eigenvalue weighted by atomic mass is 10.2. The van der Waals surface area contributed by atoms with Crippen LogP contribution in [-0.4, -0.2) is 41.6 Å². The number of hydrogen-bond acceptors (Lipinski definition) is 4. The number of aromatic nitrogens is 2. The van der Waals surface area contributed by atoms with Crippen molar-refractivity contribution < 1.29 is 4.52 Å². The monoisotopic (exact) mass is 383 g/mol. The van der Waals surface area contributed by atoms with E-state index in [1.165, 1.54) is 5.56 Å². The van der Waals surface area contributed by atoms with Gasteiger partial charge in [0, 0.05) is 37.6 Å². The lowest BCUT2D eigenvalue weighted by molar-refractivity contribution is 0.378. The fraction of sp³-hybridized carbons (Fsp3) is 0.250. The third-order valence-corrected chi connectivity index (χ3v) is 4.12. The van der Waals surface area contributed by atoms with E-state index in [1.807, 2.05) is 49.3 Å². The average molecular weight is 384 g/mol. The molecule has 2 aromatic carbocycles. The second-order valence-corrected chi connectivity index (χ2v) is 6.65. The molecule has 0 saturated carbocycles. The van der Waals surface area contributed by atoms with Gasteiger partial charge in [-0.15, -0.1) is 0 Å². The molecule has 0 radical (unpaired) electrons. The van der Waals surface area contributed by atoms with Gasteiger partial charge >= 0.3 is 0 Å². The highest BCUT2D eigenvalue weighted by Crippen LogP contribution is 2.18. The summed E-state index contributed by atoms with van der Waals surface area (Å²) in [6.07, 6.45) is 0.610. The first kappa shape index (κ1) is 18.9. The predicted molar refractivity (Wildman–Crippen MR) is 108 cm³/mol. The van der Waals surface area contributed by atoms with Crippen molar-refractivity contribution in [3.8, 4) is 11.4 Å². The molecule has 3 rings (SSSR count). The molecule has 27 heavy (non-hydrogen) atoms. The van der Waals surface area contributed by atoms with Crippen LogP contribution in [0.3, 0.4) is 0 Å². The van der Waals surface area contributed by atoms with Gasteiger partial charge in [-0.05, 0) is 29.8 Å². The van der Waals surface area contributed by atoms with Gasteiger partial charge in [0.15, 0.2) is 5.96 Å². The summed E-state index contributed by atoms with van der Waals surface area (Å²) in [5.74, 6) is 1.96. The summed E-state index contributed by atoms with van der Waals surface area (Å²) in [5, 5.41) is 8.03. The van der Waals surface area contributed by atoms with Crippen molar-refractivity contribution in [2.45, 2.75) is 13.0 Å². The van der Waals surface area contributed by atoms with Crippen LogP contribution >= 0.6 is 11.6 Å². The Morgan fingerprint density at radius 2 is 1.85 bits per heavy atom. The standard InChI is InChI=1S/C20H22ClN5O/c1-26(2)20(23-14-15-6-4-3-5-7-15)22-13-12-18-24-19(25-27-18)16-8-10-17(21)11-9-16/h3-11H,12-14H2,1-2H3,(H,22,23). The van der Waals surface area contributed by atoms with Crippen molar-refractivity contribution in [2.75, 3.05) is 20.6 Å². The maximum atomic E-state index is 5.91. The Labute approximate surface area is 163 Å². The SMILES string of the molecule is CN(C)C(=NCc1ccccc1)NCCc1nc(-c2ccc(Cl)cc2)no1. The molecule has 0 unspecified atom stereocenters. The van der Waals surface area contributed by atoms with Crippen LogP contribution in [0.5, 0.6) is 0 Å². The summed E-state index contributed by atoms with van der Waals surface area (Å²) in [5.41, 5.74) is 2.05. The first-order valence-corrected chi connectivity index (χ1v) is 9.08. The van der Waals surface area contributed by atoms with E-state index in [0.717, 1.165) is 11.5 Å². The smallest absolute Gasteiger partial charge is 0.228 e. The van der Waals surface area contributed by atoms with Crippen molar-refractivity contribution >= 4 is 17.6 Å². The van der Waals surface area contributed by atoms with Crippen LogP contribution in [-0.2, 0) is 13.0 Å². The molecule has 3 aromatic rings. The van der Waals surface area contributed by atoms with E-state index < -0.39 is 0 Å². The zero-order valence-corrected chi connectivity index (χ0v) is 16.1. The second kappa shape index (κ2) is 9.19. The molecule has 1 aromatic heterocycles. The fourth-order valence-corrected chi connectivity index (χ4v) is 2.58. The molecule has 0 amide bonds. The van der Waals surface area contributed by atoms with E-state index in [4.69, 9.17) is 16.1 Å². The number of nitrogens with zero attached hydrogens (tertiary/aromatic N) is 4. The maximum absolute atomic E-state index is 5.91. The average Bonchev–Trinajstić information content (AvgIpc) is 3.14. The number of halogens is 1. The van der Waals surface area contributed by atoms with Crippen LogP contribution in [0.15, 0.2) is 64.1 Å². The Morgan fingerprint density at radius 3 is 2.56 bits per heavy atom. The summed E-state index contributed by atoms with van der Waals surface area (Å²) >= 11 is 5.91. The molecule has 1 N–H and O–H groups in total. The van der Waals surface area contributed by atoms with Gasteiger partial charge in [0.2, 0.25) is 11.7 Å². The molecule has 0 bridgehead atoms. The van der Waals surface area contributed by atoms with Crippen molar-refractivity contribution in [2.24, 2.45) is 4.99 Å². The van der Waals surface area contributed by atoms with Crippen molar-refractivity contribution in [1.29, 1.82) is 0 Å². The molecule has 1 heterocycles. The molecule has 6 nitrogen and oxygen atoms in total. The van der Waals surface area contributed by atoms with E-state index in [9.17, 15) is 0 Å². The van der Waals surface area contributed by atoms with Gasteiger partial charge < -0.3 is 14.7 Å². The van der Waals surface area contributed by atoms with Gasteiger partial charge in [-0.1, -0.05) is 47.1 Å². The van der Waals surface area contributed by atoms with Crippen LogP contribution in [0.4, 0.5) is 0 Å². The third kappa shape index (κ3) is 5.56. The molecular formula is C20H22ClN5O. The Hall–Kier alpha value is -2.86. The molecule has 0 aliphatic rings. The van der Waals surface area contributed by atoms with Gasteiger partial charge in [0.1, 0.15) is 0 Å². The number of rotatable bonds is 6. The van der Waals surface area contributed by atoms with Gasteiger partial charge in [0.25, 0.3) is 0 Å². The van der Waals surface area contributed by atoms with Crippen LogP contribution in [0, 0.1) is 0 Å². The van der Waals surface area contributed by atoms with Gasteiger partial charge in [-0.2, -0.15) is 4.98 Å². The minimum atomic E-state index is 0.562. The van der Waals surface area contributed by atoms with E-state index >= 15 is 0 Å². The molecule has 0 saturated heterocycles. The summed E-state index contributed by atoms with van der Waals surface area (Å²) < 4.78 is 5.33. The molecule has 0 fully saturated rings. The predicted octanol–water partition coefficient (Wildman–Crippen LogP) is 3.64. The minimum Gasteiger partial charge on any atom is -0.356 e.